The number of carbonyl (C=O) groups excluding carboxylic acids is 1. The summed E-state index contributed by atoms with van der Waals surface area (Å²) in [5, 5.41) is 14.9. The third kappa shape index (κ3) is 3.64. The van der Waals surface area contributed by atoms with Crippen molar-refractivity contribution >= 4 is 28.2 Å². The van der Waals surface area contributed by atoms with Gasteiger partial charge in [0.2, 0.25) is 0 Å². The van der Waals surface area contributed by atoms with Gasteiger partial charge in [-0.1, -0.05) is 6.07 Å². The van der Waals surface area contributed by atoms with Gasteiger partial charge < -0.3 is 14.8 Å². The highest BCUT2D eigenvalue weighted by Gasteiger charge is 2.25. The third-order valence-electron chi connectivity index (χ3n) is 3.92. The molecule has 1 heterocycles. The minimum atomic E-state index is -0.627. The molecule has 1 aromatic heterocycles. The zero-order chi connectivity index (χ0) is 19.4. The Morgan fingerprint density at radius 2 is 2.04 bits per heavy atom. The van der Waals surface area contributed by atoms with E-state index >= 15 is 0 Å². The van der Waals surface area contributed by atoms with Crippen molar-refractivity contribution in [3.63, 3.8) is 0 Å². The Morgan fingerprint density at radius 1 is 1.22 bits per heavy atom. The number of nitrogens with zero attached hydrogens (tertiary/aromatic N) is 2. The Kier molecular flexibility index (Phi) is 5.16. The van der Waals surface area contributed by atoms with Gasteiger partial charge in [0.1, 0.15) is 5.56 Å². The van der Waals surface area contributed by atoms with Crippen LogP contribution in [0.1, 0.15) is 17.3 Å². The molecule has 0 aliphatic rings. The second-order valence-electron chi connectivity index (χ2n) is 5.54. The van der Waals surface area contributed by atoms with E-state index in [-0.39, 0.29) is 22.7 Å². The van der Waals surface area contributed by atoms with Crippen LogP contribution in [0.5, 0.6) is 11.5 Å². The fourth-order valence-electron chi connectivity index (χ4n) is 2.71. The predicted molar refractivity (Wildman–Crippen MR) is 101 cm³/mol. The largest absolute Gasteiger partial charge is 0.493 e. The van der Waals surface area contributed by atoms with E-state index in [0.717, 1.165) is 5.39 Å². The lowest BCUT2D eigenvalue weighted by molar-refractivity contribution is -0.385. The number of benzene rings is 2. The first-order valence-corrected chi connectivity index (χ1v) is 8.19. The fraction of sp³-hybridized carbons (Fsp3) is 0.158. The summed E-state index contributed by atoms with van der Waals surface area (Å²) in [5.74, 6) is -0.175. The van der Waals surface area contributed by atoms with Gasteiger partial charge in [-0.2, -0.15) is 0 Å². The number of nitro benzene ring substituents is 1. The maximum atomic E-state index is 12.8. The molecular formula is C19H17N3O5. The number of hydrogen-bond acceptors (Lipinski definition) is 6. The maximum Gasteiger partial charge on any atom is 0.286 e. The van der Waals surface area contributed by atoms with Gasteiger partial charge in [0.15, 0.2) is 11.5 Å². The molecule has 1 N–H and O–H groups in total. The maximum absolute atomic E-state index is 12.8. The molecule has 8 nitrogen and oxygen atoms in total. The van der Waals surface area contributed by atoms with Gasteiger partial charge >= 0.3 is 0 Å². The number of anilines is 1. The van der Waals surface area contributed by atoms with E-state index in [1.54, 1.807) is 31.3 Å². The minimum absolute atomic E-state index is 0.120. The second-order valence-corrected chi connectivity index (χ2v) is 5.54. The zero-order valence-corrected chi connectivity index (χ0v) is 14.8. The first-order chi connectivity index (χ1) is 13.0. The van der Waals surface area contributed by atoms with Crippen LogP contribution in [0, 0.1) is 10.1 Å². The molecule has 0 unspecified atom stereocenters. The van der Waals surface area contributed by atoms with Gasteiger partial charge in [-0.05, 0) is 31.2 Å². The number of aromatic nitrogens is 1. The molecule has 0 fully saturated rings. The third-order valence-corrected chi connectivity index (χ3v) is 3.92. The smallest absolute Gasteiger partial charge is 0.286 e. The summed E-state index contributed by atoms with van der Waals surface area (Å²) in [7, 11) is 1.38. The summed E-state index contributed by atoms with van der Waals surface area (Å²) in [4.78, 5) is 27.9. The monoisotopic (exact) mass is 367 g/mol. The molecule has 0 saturated heterocycles. The molecule has 0 saturated carbocycles. The molecule has 1 amide bonds. The number of methoxy groups -OCH3 is 1. The Hall–Kier alpha value is -3.68. The van der Waals surface area contributed by atoms with Gasteiger partial charge in [-0.15, -0.1) is 0 Å². The summed E-state index contributed by atoms with van der Waals surface area (Å²) >= 11 is 0. The highest BCUT2D eigenvalue weighted by Crippen LogP contribution is 2.35. The quantitative estimate of drug-likeness (QED) is 0.525. The molecule has 3 rings (SSSR count). The lowest BCUT2D eigenvalue weighted by Crippen LogP contribution is -2.15. The summed E-state index contributed by atoms with van der Waals surface area (Å²) in [5.41, 5.74) is 0.722. The SMILES string of the molecule is CCOc1cc(C(=O)Nc2cccc3ncccc23)c([N+](=O)[O-])cc1OC. The van der Waals surface area contributed by atoms with E-state index in [1.165, 1.54) is 19.2 Å². The number of ether oxygens (including phenoxy) is 2. The first kappa shape index (κ1) is 18.1. The van der Waals surface area contributed by atoms with E-state index in [9.17, 15) is 14.9 Å². The Bertz CT molecular complexity index is 1010. The number of amides is 1. The summed E-state index contributed by atoms with van der Waals surface area (Å²) in [6.07, 6.45) is 1.65. The van der Waals surface area contributed by atoms with Crippen LogP contribution < -0.4 is 14.8 Å². The normalized spacial score (nSPS) is 10.4. The van der Waals surface area contributed by atoms with Crippen LogP contribution in [-0.4, -0.2) is 29.5 Å². The minimum Gasteiger partial charge on any atom is -0.493 e. The van der Waals surface area contributed by atoms with Crippen molar-refractivity contribution in [2.45, 2.75) is 6.92 Å². The van der Waals surface area contributed by atoms with Crippen LogP contribution in [0.4, 0.5) is 11.4 Å². The van der Waals surface area contributed by atoms with Crippen molar-refractivity contribution in [1.82, 2.24) is 4.98 Å². The Morgan fingerprint density at radius 3 is 2.74 bits per heavy atom. The molecule has 0 spiro atoms. The van der Waals surface area contributed by atoms with Crippen molar-refractivity contribution in [2.24, 2.45) is 0 Å². The number of carbonyl (C=O) groups is 1. The molecule has 27 heavy (non-hydrogen) atoms. The van der Waals surface area contributed by atoms with E-state index in [0.29, 0.717) is 17.8 Å². The molecular weight excluding hydrogens is 350 g/mol. The van der Waals surface area contributed by atoms with Crippen molar-refractivity contribution in [1.29, 1.82) is 0 Å². The van der Waals surface area contributed by atoms with Crippen molar-refractivity contribution < 1.29 is 19.2 Å². The molecule has 0 aliphatic carbocycles. The lowest BCUT2D eigenvalue weighted by Gasteiger charge is -2.13. The standard InChI is InChI=1S/C19H17N3O5/c1-3-27-18-10-13(16(22(24)25)11-17(18)26-2)19(23)21-15-8-4-7-14-12(15)6-5-9-20-14/h4-11H,3H2,1-2H3,(H,21,23). The highest BCUT2D eigenvalue weighted by molar-refractivity contribution is 6.11. The van der Waals surface area contributed by atoms with Crippen LogP contribution >= 0.6 is 0 Å². The number of hydrogen-bond donors (Lipinski definition) is 1. The molecule has 0 aliphatic heterocycles. The van der Waals surface area contributed by atoms with E-state index in [1.807, 2.05) is 12.1 Å². The predicted octanol–water partition coefficient (Wildman–Crippen LogP) is 3.80. The van der Waals surface area contributed by atoms with Crippen molar-refractivity contribution in [3.8, 4) is 11.5 Å². The van der Waals surface area contributed by atoms with Crippen LogP contribution in [0.2, 0.25) is 0 Å². The first-order valence-electron chi connectivity index (χ1n) is 8.19. The van der Waals surface area contributed by atoms with E-state index in [4.69, 9.17) is 9.47 Å². The number of pyridine rings is 1. The number of nitro groups is 1. The number of nitrogens with one attached hydrogen (secondary N) is 1. The molecule has 0 radical (unpaired) electrons. The van der Waals surface area contributed by atoms with Gasteiger partial charge in [-0.25, -0.2) is 0 Å². The molecule has 0 atom stereocenters. The number of rotatable bonds is 6. The van der Waals surface area contributed by atoms with Gasteiger partial charge in [-0.3, -0.25) is 19.9 Å². The van der Waals surface area contributed by atoms with Crippen LogP contribution in [0.3, 0.4) is 0 Å². The van der Waals surface area contributed by atoms with Gasteiger partial charge in [0, 0.05) is 17.6 Å². The van der Waals surface area contributed by atoms with Gasteiger partial charge in [0.05, 0.1) is 35.9 Å². The van der Waals surface area contributed by atoms with Crippen LogP contribution in [0.25, 0.3) is 10.9 Å². The molecule has 0 bridgehead atoms. The summed E-state index contributed by atoms with van der Waals surface area (Å²) in [6, 6.07) is 11.3. The molecule has 3 aromatic rings. The van der Waals surface area contributed by atoms with E-state index < -0.39 is 10.8 Å². The Balaban J connectivity index is 2.05. The van der Waals surface area contributed by atoms with Crippen molar-refractivity contribution in [2.75, 3.05) is 19.0 Å². The summed E-state index contributed by atoms with van der Waals surface area (Å²) in [6.45, 7) is 2.09. The molecule has 2 aromatic carbocycles. The average Bonchev–Trinajstić information content (AvgIpc) is 2.68. The van der Waals surface area contributed by atoms with Crippen molar-refractivity contribution in [3.05, 3.63) is 64.3 Å². The second kappa shape index (κ2) is 7.69. The highest BCUT2D eigenvalue weighted by atomic mass is 16.6. The molecule has 8 heteroatoms. The lowest BCUT2D eigenvalue weighted by atomic mass is 10.1. The Labute approximate surface area is 154 Å². The molecule has 138 valence electrons. The fourth-order valence-corrected chi connectivity index (χ4v) is 2.71. The van der Waals surface area contributed by atoms with Gasteiger partial charge in [0.25, 0.3) is 11.6 Å². The van der Waals surface area contributed by atoms with E-state index in [2.05, 4.69) is 10.3 Å². The topological polar surface area (TPSA) is 104 Å². The average molecular weight is 367 g/mol. The van der Waals surface area contributed by atoms with Crippen LogP contribution in [-0.2, 0) is 0 Å². The summed E-state index contributed by atoms with van der Waals surface area (Å²) < 4.78 is 10.6. The number of fused-ring (bicyclic) bond motifs is 1. The van der Waals surface area contributed by atoms with Crippen LogP contribution in [0.15, 0.2) is 48.7 Å². The zero-order valence-electron chi connectivity index (χ0n) is 14.8.